The molecule has 0 aliphatic carbocycles. The minimum atomic E-state index is -1.10. The highest BCUT2D eigenvalue weighted by molar-refractivity contribution is 7.71. The fourth-order valence-corrected chi connectivity index (χ4v) is 2.89. The number of benzene rings is 2. The van der Waals surface area contributed by atoms with E-state index in [4.69, 9.17) is 33.7 Å². The molecule has 0 fully saturated rings. The fraction of sp³-hybridized carbons (Fsp3) is 0.0526. The maximum Gasteiger partial charge on any atom is 0.341 e. The number of hydrogen-bond acceptors (Lipinski definition) is 6. The van der Waals surface area contributed by atoms with Gasteiger partial charge in [-0.1, -0.05) is 11.6 Å². The number of halogens is 2. The molecule has 1 aromatic heterocycles. The van der Waals surface area contributed by atoms with Crippen LogP contribution >= 0.6 is 23.8 Å². The number of ether oxygens (including phenoxy) is 1. The first kappa shape index (κ1) is 21.2. The van der Waals surface area contributed by atoms with Crippen LogP contribution in [0.1, 0.15) is 5.56 Å². The summed E-state index contributed by atoms with van der Waals surface area (Å²) in [6, 6.07) is 9.78. The summed E-state index contributed by atoms with van der Waals surface area (Å²) < 4.78 is 19.5. The molecule has 8 nitrogen and oxygen atoms in total. The highest BCUT2D eigenvalue weighted by atomic mass is 35.5. The van der Waals surface area contributed by atoms with Crippen LogP contribution in [0.3, 0.4) is 0 Å². The van der Waals surface area contributed by atoms with Crippen LogP contribution in [0.2, 0.25) is 5.02 Å². The number of aliphatic carboxylic acids is 1. The average Bonchev–Trinajstić information content (AvgIpc) is 2.69. The van der Waals surface area contributed by atoms with Crippen molar-refractivity contribution in [2.75, 3.05) is 6.61 Å². The molecular weight excluding hydrogens is 437 g/mol. The largest absolute Gasteiger partial charge is 0.494 e. The van der Waals surface area contributed by atoms with Gasteiger partial charge in [0.25, 0.3) is 5.56 Å². The Morgan fingerprint density at radius 3 is 2.63 bits per heavy atom. The molecule has 1 heterocycles. The quantitative estimate of drug-likeness (QED) is 0.391. The first-order valence-electron chi connectivity index (χ1n) is 8.28. The van der Waals surface area contributed by atoms with E-state index in [-0.39, 0.29) is 21.0 Å². The van der Waals surface area contributed by atoms with Crippen LogP contribution in [0.5, 0.6) is 11.6 Å². The predicted octanol–water partition coefficient (Wildman–Crippen LogP) is 3.61. The molecule has 0 saturated heterocycles. The fourth-order valence-electron chi connectivity index (χ4n) is 2.43. The molecule has 0 spiro atoms. The van der Waals surface area contributed by atoms with Crippen molar-refractivity contribution >= 4 is 41.7 Å². The number of nitrogens with one attached hydrogen (secondary N) is 1. The number of aliphatic imine (C=N–C) groups is 1. The van der Waals surface area contributed by atoms with Gasteiger partial charge in [0.15, 0.2) is 11.4 Å². The second kappa shape index (κ2) is 8.89. The molecule has 30 heavy (non-hydrogen) atoms. The Morgan fingerprint density at radius 1 is 1.30 bits per heavy atom. The van der Waals surface area contributed by atoms with Gasteiger partial charge in [-0.05, 0) is 54.7 Å². The summed E-state index contributed by atoms with van der Waals surface area (Å²) in [4.78, 5) is 29.3. The van der Waals surface area contributed by atoms with Gasteiger partial charge in [0.1, 0.15) is 17.1 Å². The number of aromatic amines is 1. The summed E-state index contributed by atoms with van der Waals surface area (Å²) in [6.45, 7) is -0.479. The van der Waals surface area contributed by atoms with E-state index in [0.717, 1.165) is 16.8 Å². The normalized spacial score (nSPS) is 11.0. The number of rotatable bonds is 6. The SMILES string of the molecule is O=C(O)COc1ccc(N=Cc2c(O)n(-c3ccc(F)c(Cl)c3)c(=S)[nH]c2=O)cc1. The minimum absolute atomic E-state index is 0.114. The molecule has 0 radical (unpaired) electrons. The highest BCUT2D eigenvalue weighted by Gasteiger charge is 2.14. The summed E-state index contributed by atoms with van der Waals surface area (Å²) in [7, 11) is 0. The maximum absolute atomic E-state index is 13.4. The number of carboxylic acids is 1. The van der Waals surface area contributed by atoms with Gasteiger partial charge in [-0.25, -0.2) is 9.18 Å². The molecule has 0 bridgehead atoms. The number of nitrogens with zero attached hydrogens (tertiary/aromatic N) is 2. The molecule has 0 unspecified atom stereocenters. The standard InChI is InChI=1S/C19H13ClFN3O5S/c20-14-7-11(3-6-15(14)21)24-18(28)13(17(27)23-19(24)30)8-22-10-1-4-12(5-2-10)29-9-16(25)26/h1-8,28H,9H2,(H,25,26)(H,23,27,30). The summed E-state index contributed by atoms with van der Waals surface area (Å²) in [5, 5.41) is 19.0. The van der Waals surface area contributed by atoms with Gasteiger partial charge in [-0.3, -0.25) is 19.3 Å². The van der Waals surface area contributed by atoms with Gasteiger partial charge in [0.05, 0.1) is 16.4 Å². The van der Waals surface area contributed by atoms with Crippen LogP contribution in [-0.4, -0.2) is 38.6 Å². The molecule has 2 aromatic carbocycles. The summed E-state index contributed by atoms with van der Waals surface area (Å²) >= 11 is 10.9. The van der Waals surface area contributed by atoms with E-state index >= 15 is 0 Å². The molecule has 0 aliphatic rings. The van der Waals surface area contributed by atoms with Crippen LogP contribution < -0.4 is 10.3 Å². The van der Waals surface area contributed by atoms with Crippen molar-refractivity contribution in [1.82, 2.24) is 9.55 Å². The Bertz CT molecular complexity index is 1250. The Balaban J connectivity index is 1.94. The van der Waals surface area contributed by atoms with Crippen LogP contribution in [-0.2, 0) is 4.79 Å². The number of carboxylic acid groups (broad SMARTS) is 1. The van der Waals surface area contributed by atoms with Crippen LogP contribution in [0.25, 0.3) is 5.69 Å². The third kappa shape index (κ3) is 4.73. The third-order valence-corrected chi connectivity index (χ3v) is 4.40. The van der Waals surface area contributed by atoms with E-state index in [1.165, 1.54) is 36.4 Å². The van der Waals surface area contributed by atoms with Gasteiger partial charge in [-0.2, -0.15) is 0 Å². The van der Waals surface area contributed by atoms with Gasteiger partial charge in [-0.15, -0.1) is 0 Å². The molecule has 3 aromatic rings. The van der Waals surface area contributed by atoms with E-state index in [9.17, 15) is 19.1 Å². The second-order valence-electron chi connectivity index (χ2n) is 5.86. The number of aromatic nitrogens is 2. The Labute approximate surface area is 178 Å². The molecule has 0 saturated carbocycles. The van der Waals surface area contributed by atoms with Gasteiger partial charge in [0, 0.05) is 6.21 Å². The van der Waals surface area contributed by atoms with E-state index in [1.54, 1.807) is 0 Å². The van der Waals surface area contributed by atoms with E-state index in [2.05, 4.69) is 9.98 Å². The van der Waals surface area contributed by atoms with Gasteiger partial charge in [0.2, 0.25) is 5.88 Å². The average molecular weight is 450 g/mol. The summed E-state index contributed by atoms with van der Waals surface area (Å²) in [6.07, 6.45) is 1.14. The zero-order chi connectivity index (χ0) is 21.8. The lowest BCUT2D eigenvalue weighted by Gasteiger charge is -2.11. The smallest absolute Gasteiger partial charge is 0.341 e. The van der Waals surface area contributed by atoms with Crippen molar-refractivity contribution in [3.05, 3.63) is 74.0 Å². The lowest BCUT2D eigenvalue weighted by molar-refractivity contribution is -0.139. The summed E-state index contributed by atoms with van der Waals surface area (Å²) in [5.74, 6) is -1.92. The third-order valence-electron chi connectivity index (χ3n) is 3.82. The molecule has 0 amide bonds. The van der Waals surface area contributed by atoms with E-state index in [1.807, 2.05) is 0 Å². The van der Waals surface area contributed by atoms with E-state index in [0.29, 0.717) is 11.4 Å². The topological polar surface area (TPSA) is 117 Å². The monoisotopic (exact) mass is 449 g/mol. The van der Waals surface area contributed by atoms with Crippen LogP contribution in [0.4, 0.5) is 10.1 Å². The van der Waals surface area contributed by atoms with Crippen molar-refractivity contribution in [3.8, 4) is 17.3 Å². The number of carbonyl (C=O) groups is 1. The van der Waals surface area contributed by atoms with Crippen molar-refractivity contribution in [1.29, 1.82) is 0 Å². The zero-order valence-electron chi connectivity index (χ0n) is 15.0. The highest BCUT2D eigenvalue weighted by Crippen LogP contribution is 2.24. The zero-order valence-corrected chi connectivity index (χ0v) is 16.6. The van der Waals surface area contributed by atoms with Crippen molar-refractivity contribution in [2.24, 2.45) is 4.99 Å². The number of aromatic hydroxyl groups is 1. The van der Waals surface area contributed by atoms with Crippen molar-refractivity contribution < 1.29 is 24.1 Å². The maximum atomic E-state index is 13.4. The van der Waals surface area contributed by atoms with Crippen molar-refractivity contribution in [2.45, 2.75) is 0 Å². The molecule has 11 heteroatoms. The Hall–Kier alpha value is -3.50. The molecule has 3 rings (SSSR count). The van der Waals surface area contributed by atoms with Crippen molar-refractivity contribution in [3.63, 3.8) is 0 Å². The molecule has 0 atom stereocenters. The minimum Gasteiger partial charge on any atom is -0.494 e. The molecule has 0 aliphatic heterocycles. The number of hydrogen-bond donors (Lipinski definition) is 3. The van der Waals surface area contributed by atoms with E-state index < -0.39 is 29.8 Å². The molecule has 154 valence electrons. The second-order valence-corrected chi connectivity index (χ2v) is 6.66. The predicted molar refractivity (Wildman–Crippen MR) is 111 cm³/mol. The van der Waals surface area contributed by atoms with Gasteiger partial charge < -0.3 is 14.9 Å². The van der Waals surface area contributed by atoms with Gasteiger partial charge >= 0.3 is 5.97 Å². The Morgan fingerprint density at radius 2 is 2.00 bits per heavy atom. The van der Waals surface area contributed by atoms with Crippen LogP contribution in [0.15, 0.2) is 52.3 Å². The first-order chi connectivity index (χ1) is 14.3. The molecular formula is C19H13ClFN3O5S. The molecule has 3 N–H and O–H groups in total. The first-order valence-corrected chi connectivity index (χ1v) is 9.07. The Kier molecular flexibility index (Phi) is 6.28. The lowest BCUT2D eigenvalue weighted by Crippen LogP contribution is -2.18. The summed E-state index contributed by atoms with van der Waals surface area (Å²) in [5.41, 5.74) is -0.201. The lowest BCUT2D eigenvalue weighted by atomic mass is 10.2. The van der Waals surface area contributed by atoms with Crippen LogP contribution in [0, 0.1) is 10.6 Å². The number of H-pyrrole nitrogens is 1.